The first kappa shape index (κ1) is 12.1. The largest absolute Gasteiger partial charge is 0.493 e. The number of methoxy groups -OCH3 is 2. The molecule has 0 N–H and O–H groups in total. The highest BCUT2D eigenvalue weighted by Crippen LogP contribution is 2.30. The molecular weight excluding hydrogens is 202 g/mol. The van der Waals surface area contributed by atoms with Crippen molar-refractivity contribution < 1.29 is 9.47 Å². The maximum Gasteiger partial charge on any atom is 0.161 e. The highest BCUT2D eigenvalue weighted by Gasteiger charge is 2.08. The van der Waals surface area contributed by atoms with Crippen molar-refractivity contribution in [1.82, 2.24) is 0 Å². The van der Waals surface area contributed by atoms with Gasteiger partial charge in [0.2, 0.25) is 0 Å². The first-order valence-corrected chi connectivity index (χ1v) is 4.94. The molecule has 0 aliphatic carbocycles. The van der Waals surface area contributed by atoms with Crippen LogP contribution in [0.3, 0.4) is 0 Å². The lowest BCUT2D eigenvalue weighted by Crippen LogP contribution is -1.92. The quantitative estimate of drug-likeness (QED) is 0.731. The SMILES string of the molecule is COc1ccc(C(C#N)=C(C)C)cc1OC. The molecule has 0 aliphatic heterocycles. The Labute approximate surface area is 95.9 Å². The summed E-state index contributed by atoms with van der Waals surface area (Å²) >= 11 is 0. The van der Waals surface area contributed by atoms with Crippen LogP contribution in [0.1, 0.15) is 19.4 Å². The lowest BCUT2D eigenvalue weighted by molar-refractivity contribution is 0.355. The second-order valence-electron chi connectivity index (χ2n) is 3.56. The minimum atomic E-state index is 0.633. The normalized spacial score (nSPS) is 9.19. The Balaban J connectivity index is 3.29. The third kappa shape index (κ3) is 2.34. The van der Waals surface area contributed by atoms with Crippen molar-refractivity contribution in [2.45, 2.75) is 13.8 Å². The molecule has 1 aromatic rings. The number of allylic oxidation sites excluding steroid dienone is 2. The fourth-order valence-electron chi connectivity index (χ4n) is 1.46. The Kier molecular flexibility index (Phi) is 3.96. The predicted molar refractivity (Wildman–Crippen MR) is 63.4 cm³/mol. The van der Waals surface area contributed by atoms with Gasteiger partial charge in [-0.05, 0) is 37.6 Å². The summed E-state index contributed by atoms with van der Waals surface area (Å²) in [6, 6.07) is 7.65. The van der Waals surface area contributed by atoms with E-state index >= 15 is 0 Å². The molecule has 0 aliphatic rings. The highest BCUT2D eigenvalue weighted by atomic mass is 16.5. The van der Waals surface area contributed by atoms with Gasteiger partial charge in [0.05, 0.1) is 25.9 Å². The molecule has 0 fully saturated rings. The van der Waals surface area contributed by atoms with Gasteiger partial charge in [0.25, 0.3) is 0 Å². The first-order chi connectivity index (χ1) is 7.63. The van der Waals surface area contributed by atoms with Crippen molar-refractivity contribution in [3.8, 4) is 17.6 Å². The molecule has 0 saturated carbocycles. The van der Waals surface area contributed by atoms with Crippen molar-refractivity contribution in [3.63, 3.8) is 0 Å². The van der Waals surface area contributed by atoms with Gasteiger partial charge < -0.3 is 9.47 Å². The van der Waals surface area contributed by atoms with Crippen molar-refractivity contribution in [2.75, 3.05) is 14.2 Å². The number of nitriles is 1. The fourth-order valence-corrected chi connectivity index (χ4v) is 1.46. The topological polar surface area (TPSA) is 42.2 Å². The van der Waals surface area contributed by atoms with Crippen LogP contribution in [0, 0.1) is 11.3 Å². The lowest BCUT2D eigenvalue weighted by atomic mass is 10.0. The summed E-state index contributed by atoms with van der Waals surface area (Å²) in [6.45, 7) is 3.82. The van der Waals surface area contributed by atoms with Gasteiger partial charge in [-0.2, -0.15) is 5.26 Å². The van der Waals surface area contributed by atoms with E-state index in [0.717, 1.165) is 11.1 Å². The molecule has 0 heterocycles. The third-order valence-electron chi connectivity index (χ3n) is 2.28. The number of ether oxygens (including phenoxy) is 2. The summed E-state index contributed by atoms with van der Waals surface area (Å²) in [4.78, 5) is 0. The molecule has 3 heteroatoms. The minimum Gasteiger partial charge on any atom is -0.493 e. The summed E-state index contributed by atoms with van der Waals surface area (Å²) in [5, 5.41) is 9.06. The van der Waals surface area contributed by atoms with E-state index in [9.17, 15) is 0 Å². The predicted octanol–water partition coefficient (Wildman–Crippen LogP) is 3.02. The van der Waals surface area contributed by atoms with E-state index in [0.29, 0.717) is 17.1 Å². The van der Waals surface area contributed by atoms with Gasteiger partial charge in [-0.15, -0.1) is 0 Å². The van der Waals surface area contributed by atoms with Gasteiger partial charge in [0.15, 0.2) is 11.5 Å². The van der Waals surface area contributed by atoms with E-state index in [-0.39, 0.29) is 0 Å². The van der Waals surface area contributed by atoms with Gasteiger partial charge >= 0.3 is 0 Å². The van der Waals surface area contributed by atoms with E-state index in [2.05, 4.69) is 6.07 Å². The van der Waals surface area contributed by atoms with Gasteiger partial charge in [0, 0.05) is 0 Å². The number of hydrogen-bond donors (Lipinski definition) is 0. The van der Waals surface area contributed by atoms with Gasteiger partial charge in [-0.1, -0.05) is 5.57 Å². The fraction of sp³-hybridized carbons (Fsp3) is 0.308. The number of rotatable bonds is 3. The maximum absolute atomic E-state index is 9.06. The second-order valence-corrected chi connectivity index (χ2v) is 3.56. The monoisotopic (exact) mass is 217 g/mol. The van der Waals surface area contributed by atoms with Crippen molar-refractivity contribution in [1.29, 1.82) is 5.26 Å². The zero-order chi connectivity index (χ0) is 12.1. The molecule has 16 heavy (non-hydrogen) atoms. The maximum atomic E-state index is 9.06. The Morgan fingerprint density at radius 3 is 2.19 bits per heavy atom. The number of benzene rings is 1. The molecule has 0 spiro atoms. The van der Waals surface area contributed by atoms with Crippen LogP contribution >= 0.6 is 0 Å². The van der Waals surface area contributed by atoms with E-state index in [1.807, 2.05) is 26.0 Å². The average Bonchev–Trinajstić information content (AvgIpc) is 2.29. The number of nitrogens with zero attached hydrogens (tertiary/aromatic N) is 1. The summed E-state index contributed by atoms with van der Waals surface area (Å²) < 4.78 is 10.3. The Morgan fingerprint density at radius 2 is 1.75 bits per heavy atom. The standard InChI is InChI=1S/C13H15NO2/c1-9(2)11(8-14)10-5-6-12(15-3)13(7-10)16-4/h5-7H,1-4H3. The molecule has 84 valence electrons. The van der Waals surface area contributed by atoms with E-state index in [1.165, 1.54) is 0 Å². The van der Waals surface area contributed by atoms with Gasteiger partial charge in [0.1, 0.15) is 0 Å². The molecule has 0 saturated heterocycles. The third-order valence-corrected chi connectivity index (χ3v) is 2.28. The van der Waals surface area contributed by atoms with Crippen molar-refractivity contribution in [2.24, 2.45) is 0 Å². The average molecular weight is 217 g/mol. The van der Waals surface area contributed by atoms with Crippen LogP contribution in [0.4, 0.5) is 0 Å². The van der Waals surface area contributed by atoms with Crippen LogP contribution in [0.5, 0.6) is 11.5 Å². The molecular formula is C13H15NO2. The van der Waals surface area contributed by atoms with Crippen molar-refractivity contribution in [3.05, 3.63) is 29.3 Å². The highest BCUT2D eigenvalue weighted by molar-refractivity contribution is 5.79. The Morgan fingerprint density at radius 1 is 1.12 bits per heavy atom. The molecule has 0 radical (unpaired) electrons. The van der Waals surface area contributed by atoms with Crippen LogP contribution < -0.4 is 9.47 Å². The smallest absolute Gasteiger partial charge is 0.161 e. The minimum absolute atomic E-state index is 0.633. The Bertz CT molecular complexity index is 451. The zero-order valence-corrected chi connectivity index (χ0v) is 10.00. The van der Waals surface area contributed by atoms with E-state index in [4.69, 9.17) is 14.7 Å². The molecule has 0 bridgehead atoms. The summed E-state index contributed by atoms with van der Waals surface area (Å²) in [5.41, 5.74) is 2.50. The zero-order valence-electron chi connectivity index (χ0n) is 10.00. The number of hydrogen-bond acceptors (Lipinski definition) is 3. The molecule has 0 atom stereocenters. The van der Waals surface area contributed by atoms with E-state index < -0.39 is 0 Å². The summed E-state index contributed by atoms with van der Waals surface area (Å²) in [7, 11) is 3.17. The van der Waals surface area contributed by atoms with Crippen LogP contribution in [-0.2, 0) is 0 Å². The summed E-state index contributed by atoms with van der Waals surface area (Å²) in [5.74, 6) is 1.30. The van der Waals surface area contributed by atoms with Crippen LogP contribution in [-0.4, -0.2) is 14.2 Å². The molecule has 3 nitrogen and oxygen atoms in total. The van der Waals surface area contributed by atoms with Gasteiger partial charge in [-0.3, -0.25) is 0 Å². The summed E-state index contributed by atoms with van der Waals surface area (Å²) in [6.07, 6.45) is 0. The molecule has 0 aromatic heterocycles. The molecule has 1 rings (SSSR count). The van der Waals surface area contributed by atoms with Crippen LogP contribution in [0.15, 0.2) is 23.8 Å². The van der Waals surface area contributed by atoms with Crippen molar-refractivity contribution >= 4 is 5.57 Å². The van der Waals surface area contributed by atoms with Crippen LogP contribution in [0.2, 0.25) is 0 Å². The Hall–Kier alpha value is -1.95. The first-order valence-electron chi connectivity index (χ1n) is 4.94. The van der Waals surface area contributed by atoms with Crippen LogP contribution in [0.25, 0.3) is 5.57 Å². The lowest BCUT2D eigenvalue weighted by Gasteiger charge is -2.09. The molecule has 1 aromatic carbocycles. The molecule has 0 unspecified atom stereocenters. The van der Waals surface area contributed by atoms with Gasteiger partial charge in [-0.25, -0.2) is 0 Å². The van der Waals surface area contributed by atoms with E-state index in [1.54, 1.807) is 20.3 Å². The molecule has 0 amide bonds. The second kappa shape index (κ2) is 5.22.